The van der Waals surface area contributed by atoms with Crippen LogP contribution in [0.5, 0.6) is 0 Å². The highest BCUT2D eigenvalue weighted by Crippen LogP contribution is 2.27. The van der Waals surface area contributed by atoms with Crippen LogP contribution < -0.4 is 10.6 Å². The highest BCUT2D eigenvalue weighted by molar-refractivity contribution is 5.96. The molecule has 1 aromatic carbocycles. The number of hydrogen-bond acceptors (Lipinski definition) is 3. The van der Waals surface area contributed by atoms with Gasteiger partial charge in [0.2, 0.25) is 0 Å². The van der Waals surface area contributed by atoms with E-state index >= 15 is 0 Å². The van der Waals surface area contributed by atoms with E-state index in [0.717, 1.165) is 47.4 Å². The zero-order valence-electron chi connectivity index (χ0n) is 12.4. The molecule has 2 aromatic rings. The molecule has 0 saturated heterocycles. The molecule has 1 unspecified atom stereocenters. The molecule has 0 aliphatic carbocycles. The highest BCUT2D eigenvalue weighted by Gasteiger charge is 2.21. The summed E-state index contributed by atoms with van der Waals surface area (Å²) in [5, 5.41) is 6.22. The standard InChI is InChI=1S/C17H20N2O2/c1-11-7-9-21-16(11)15(18-2)13-6-5-12-4-3-8-19-17(20)14(12)10-13/h5-7,9-10,15,18H,3-4,8H2,1-2H3,(H,19,20). The smallest absolute Gasteiger partial charge is 0.251 e. The first-order chi connectivity index (χ1) is 10.2. The van der Waals surface area contributed by atoms with Crippen molar-refractivity contribution in [2.75, 3.05) is 13.6 Å². The number of furan rings is 1. The van der Waals surface area contributed by atoms with Gasteiger partial charge in [-0.1, -0.05) is 12.1 Å². The predicted molar refractivity (Wildman–Crippen MR) is 81.4 cm³/mol. The summed E-state index contributed by atoms with van der Waals surface area (Å²) in [6, 6.07) is 8.05. The van der Waals surface area contributed by atoms with Gasteiger partial charge in [0.25, 0.3) is 5.91 Å². The summed E-state index contributed by atoms with van der Waals surface area (Å²) in [5.41, 5.74) is 4.06. The molecule has 0 saturated carbocycles. The SMILES string of the molecule is CNC(c1ccc2c(c1)C(=O)NCCC2)c1occc1C. The van der Waals surface area contributed by atoms with E-state index in [1.165, 1.54) is 0 Å². The normalized spacial score (nSPS) is 16.0. The van der Waals surface area contributed by atoms with Crippen molar-refractivity contribution in [1.82, 2.24) is 10.6 Å². The van der Waals surface area contributed by atoms with Crippen molar-refractivity contribution in [3.05, 3.63) is 58.5 Å². The van der Waals surface area contributed by atoms with E-state index in [1.807, 2.05) is 26.1 Å². The summed E-state index contributed by atoms with van der Waals surface area (Å²) in [6.07, 6.45) is 3.63. The first-order valence-corrected chi connectivity index (χ1v) is 7.33. The van der Waals surface area contributed by atoms with Gasteiger partial charge < -0.3 is 15.1 Å². The Labute approximate surface area is 124 Å². The molecule has 110 valence electrons. The van der Waals surface area contributed by atoms with E-state index in [9.17, 15) is 4.79 Å². The summed E-state index contributed by atoms with van der Waals surface area (Å²) in [6.45, 7) is 2.77. The molecule has 2 heterocycles. The van der Waals surface area contributed by atoms with Gasteiger partial charge in [0.1, 0.15) is 5.76 Å². The first kappa shape index (κ1) is 13.9. The van der Waals surface area contributed by atoms with Gasteiger partial charge >= 0.3 is 0 Å². The number of carbonyl (C=O) groups is 1. The van der Waals surface area contributed by atoms with Crippen LogP contribution in [0.25, 0.3) is 0 Å². The fraction of sp³-hybridized carbons (Fsp3) is 0.353. The number of benzene rings is 1. The molecule has 4 heteroatoms. The molecular weight excluding hydrogens is 264 g/mol. The number of hydrogen-bond donors (Lipinski definition) is 2. The lowest BCUT2D eigenvalue weighted by atomic mass is 9.95. The molecule has 0 fully saturated rings. The number of fused-ring (bicyclic) bond motifs is 1. The number of rotatable bonds is 3. The maximum absolute atomic E-state index is 12.2. The van der Waals surface area contributed by atoms with Crippen LogP contribution in [-0.2, 0) is 6.42 Å². The van der Waals surface area contributed by atoms with Gasteiger partial charge in [0.15, 0.2) is 0 Å². The van der Waals surface area contributed by atoms with Crippen LogP contribution in [0.4, 0.5) is 0 Å². The predicted octanol–water partition coefficient (Wildman–Crippen LogP) is 2.57. The molecule has 21 heavy (non-hydrogen) atoms. The van der Waals surface area contributed by atoms with E-state index in [1.54, 1.807) is 6.26 Å². The van der Waals surface area contributed by atoms with Gasteiger partial charge in [0.05, 0.1) is 12.3 Å². The number of amides is 1. The van der Waals surface area contributed by atoms with Gasteiger partial charge in [-0.2, -0.15) is 0 Å². The van der Waals surface area contributed by atoms with Crippen LogP contribution in [0.2, 0.25) is 0 Å². The zero-order valence-corrected chi connectivity index (χ0v) is 12.4. The van der Waals surface area contributed by atoms with Crippen molar-refractivity contribution in [1.29, 1.82) is 0 Å². The number of nitrogens with one attached hydrogen (secondary N) is 2. The van der Waals surface area contributed by atoms with Crippen molar-refractivity contribution < 1.29 is 9.21 Å². The summed E-state index contributed by atoms with van der Waals surface area (Å²) in [7, 11) is 1.90. The highest BCUT2D eigenvalue weighted by atomic mass is 16.3. The van der Waals surface area contributed by atoms with Gasteiger partial charge in [-0.15, -0.1) is 0 Å². The third-order valence-corrected chi connectivity index (χ3v) is 4.07. The molecule has 4 nitrogen and oxygen atoms in total. The second-order valence-electron chi connectivity index (χ2n) is 5.47. The molecule has 0 bridgehead atoms. The average Bonchev–Trinajstić information content (AvgIpc) is 2.82. The van der Waals surface area contributed by atoms with E-state index in [4.69, 9.17) is 4.42 Å². The van der Waals surface area contributed by atoms with Crippen molar-refractivity contribution in [3.8, 4) is 0 Å². The van der Waals surface area contributed by atoms with Gasteiger partial charge in [0, 0.05) is 12.1 Å². The maximum atomic E-state index is 12.2. The Morgan fingerprint density at radius 3 is 2.90 bits per heavy atom. The van der Waals surface area contributed by atoms with Gasteiger partial charge in [-0.3, -0.25) is 4.79 Å². The fourth-order valence-electron chi connectivity index (χ4n) is 2.91. The zero-order chi connectivity index (χ0) is 14.8. The van der Waals surface area contributed by atoms with E-state index < -0.39 is 0 Å². The minimum atomic E-state index is -0.0404. The van der Waals surface area contributed by atoms with Crippen LogP contribution in [0, 0.1) is 6.92 Å². The van der Waals surface area contributed by atoms with Crippen LogP contribution in [0.15, 0.2) is 34.9 Å². The minimum Gasteiger partial charge on any atom is -0.467 e. The van der Waals surface area contributed by atoms with E-state index in [0.29, 0.717) is 0 Å². The first-order valence-electron chi connectivity index (χ1n) is 7.33. The summed E-state index contributed by atoms with van der Waals surface area (Å²) in [5.74, 6) is 0.918. The third-order valence-electron chi connectivity index (χ3n) is 4.07. The number of aryl methyl sites for hydroxylation is 2. The van der Waals surface area contributed by atoms with Crippen LogP contribution in [0.3, 0.4) is 0 Å². The van der Waals surface area contributed by atoms with Crippen molar-refractivity contribution in [2.24, 2.45) is 0 Å². The van der Waals surface area contributed by atoms with E-state index in [-0.39, 0.29) is 11.9 Å². The van der Waals surface area contributed by atoms with Crippen molar-refractivity contribution in [2.45, 2.75) is 25.8 Å². The minimum absolute atomic E-state index is 0.0235. The van der Waals surface area contributed by atoms with Crippen LogP contribution in [0.1, 0.15) is 45.3 Å². The monoisotopic (exact) mass is 284 g/mol. The maximum Gasteiger partial charge on any atom is 0.251 e. The lowest BCUT2D eigenvalue weighted by molar-refractivity contribution is 0.0956. The summed E-state index contributed by atoms with van der Waals surface area (Å²) >= 11 is 0. The summed E-state index contributed by atoms with van der Waals surface area (Å²) in [4.78, 5) is 12.2. The molecule has 1 aliphatic rings. The lowest BCUT2D eigenvalue weighted by Gasteiger charge is -2.17. The molecule has 1 aromatic heterocycles. The Balaban J connectivity index is 2.02. The van der Waals surface area contributed by atoms with E-state index in [2.05, 4.69) is 22.8 Å². The number of carbonyl (C=O) groups excluding carboxylic acids is 1. The Morgan fingerprint density at radius 2 is 2.19 bits per heavy atom. The van der Waals surface area contributed by atoms with Crippen LogP contribution >= 0.6 is 0 Å². The van der Waals surface area contributed by atoms with Crippen molar-refractivity contribution in [3.63, 3.8) is 0 Å². The van der Waals surface area contributed by atoms with Crippen LogP contribution in [-0.4, -0.2) is 19.5 Å². The lowest BCUT2D eigenvalue weighted by Crippen LogP contribution is -2.23. The Bertz CT molecular complexity index is 661. The molecule has 1 aliphatic heterocycles. The topological polar surface area (TPSA) is 54.3 Å². The molecule has 1 amide bonds. The molecular formula is C17H20N2O2. The molecule has 1 atom stereocenters. The third kappa shape index (κ3) is 2.59. The van der Waals surface area contributed by atoms with Gasteiger partial charge in [-0.05, 0) is 55.6 Å². The molecule has 0 radical (unpaired) electrons. The quantitative estimate of drug-likeness (QED) is 0.911. The Hall–Kier alpha value is -2.07. The molecule has 0 spiro atoms. The largest absolute Gasteiger partial charge is 0.467 e. The average molecular weight is 284 g/mol. The second-order valence-corrected chi connectivity index (χ2v) is 5.47. The molecule has 3 rings (SSSR count). The fourth-order valence-corrected chi connectivity index (χ4v) is 2.91. The van der Waals surface area contributed by atoms with Crippen molar-refractivity contribution >= 4 is 5.91 Å². The Kier molecular flexibility index (Phi) is 3.80. The second kappa shape index (κ2) is 5.74. The molecule has 2 N–H and O–H groups in total. The van der Waals surface area contributed by atoms with Gasteiger partial charge in [-0.25, -0.2) is 0 Å². The Morgan fingerprint density at radius 1 is 1.33 bits per heavy atom. The summed E-state index contributed by atoms with van der Waals surface area (Å²) < 4.78 is 5.60.